The molecule has 0 spiro atoms. The van der Waals surface area contributed by atoms with E-state index in [1.165, 1.54) is 6.07 Å². The van der Waals surface area contributed by atoms with Crippen molar-refractivity contribution in [1.82, 2.24) is 10.2 Å². The number of amides is 1. The van der Waals surface area contributed by atoms with E-state index >= 15 is 0 Å². The molecule has 0 saturated carbocycles. The molecular formula is C13H14N4O2. The second-order valence-corrected chi connectivity index (χ2v) is 4.00. The molecule has 6 nitrogen and oxygen atoms in total. The van der Waals surface area contributed by atoms with E-state index in [4.69, 9.17) is 10.8 Å². The maximum absolute atomic E-state index is 10.8. The molecule has 1 aromatic heterocycles. The molecule has 6 heteroatoms. The van der Waals surface area contributed by atoms with Gasteiger partial charge in [-0.15, -0.1) is 10.2 Å². The molecule has 0 aliphatic carbocycles. The van der Waals surface area contributed by atoms with Gasteiger partial charge < -0.3 is 16.2 Å². The number of carbonyl (C=O) groups is 1. The molecule has 0 aliphatic heterocycles. The van der Waals surface area contributed by atoms with E-state index in [1.54, 1.807) is 6.07 Å². The molecule has 2 aromatic rings. The Bertz CT molecular complexity index is 569. The molecule has 0 bridgehead atoms. The predicted octanol–water partition coefficient (Wildman–Crippen LogP) is 0.680. The molecule has 0 atom stereocenters. The van der Waals surface area contributed by atoms with Crippen LogP contribution in [0.25, 0.3) is 0 Å². The van der Waals surface area contributed by atoms with Crippen molar-refractivity contribution in [2.45, 2.75) is 13.2 Å². The molecule has 19 heavy (non-hydrogen) atoms. The summed E-state index contributed by atoms with van der Waals surface area (Å²) in [5, 5.41) is 19.7. The Balaban J connectivity index is 1.99. The van der Waals surface area contributed by atoms with Crippen LogP contribution in [0, 0.1) is 0 Å². The second-order valence-electron chi connectivity index (χ2n) is 4.00. The molecule has 1 amide bonds. The van der Waals surface area contributed by atoms with E-state index in [0.29, 0.717) is 12.4 Å². The number of nitrogens with one attached hydrogen (secondary N) is 1. The topological polar surface area (TPSA) is 101 Å². The van der Waals surface area contributed by atoms with Gasteiger partial charge in [0.05, 0.1) is 6.61 Å². The number of benzene rings is 1. The fourth-order valence-corrected chi connectivity index (χ4v) is 1.59. The Morgan fingerprint density at radius 2 is 2.00 bits per heavy atom. The van der Waals surface area contributed by atoms with Gasteiger partial charge in [0.2, 0.25) is 0 Å². The normalized spacial score (nSPS) is 10.2. The average molecular weight is 258 g/mol. The fourth-order valence-electron chi connectivity index (χ4n) is 1.59. The smallest absolute Gasteiger partial charge is 0.269 e. The lowest BCUT2D eigenvalue weighted by Gasteiger charge is -2.06. The first-order valence-corrected chi connectivity index (χ1v) is 5.75. The number of carbonyl (C=O) groups excluding carboxylic acids is 1. The number of nitrogens with two attached hydrogens (primary N) is 1. The van der Waals surface area contributed by atoms with Crippen molar-refractivity contribution in [2.24, 2.45) is 5.73 Å². The van der Waals surface area contributed by atoms with Gasteiger partial charge in [-0.3, -0.25) is 4.79 Å². The molecule has 0 unspecified atom stereocenters. The van der Waals surface area contributed by atoms with Gasteiger partial charge in [-0.25, -0.2) is 0 Å². The summed E-state index contributed by atoms with van der Waals surface area (Å²) in [4.78, 5) is 10.8. The standard InChI is InChI=1S/C13H14N4O2/c14-13(19)11-4-5-12(17-16-11)15-7-9-2-1-3-10(6-9)8-18/h1-6,18H,7-8H2,(H2,14,19)(H,15,17). The first-order chi connectivity index (χ1) is 9.19. The first-order valence-electron chi connectivity index (χ1n) is 5.75. The Morgan fingerprint density at radius 1 is 1.21 bits per heavy atom. The Kier molecular flexibility index (Phi) is 4.04. The summed E-state index contributed by atoms with van der Waals surface area (Å²) in [6.07, 6.45) is 0. The van der Waals surface area contributed by atoms with Crippen LogP contribution >= 0.6 is 0 Å². The van der Waals surface area contributed by atoms with Gasteiger partial charge in [0, 0.05) is 6.54 Å². The van der Waals surface area contributed by atoms with Gasteiger partial charge in [-0.1, -0.05) is 24.3 Å². The van der Waals surface area contributed by atoms with Crippen molar-refractivity contribution in [3.63, 3.8) is 0 Å². The number of nitrogens with zero attached hydrogens (tertiary/aromatic N) is 2. The van der Waals surface area contributed by atoms with Crippen LogP contribution in [-0.2, 0) is 13.2 Å². The van der Waals surface area contributed by atoms with E-state index in [2.05, 4.69) is 15.5 Å². The summed E-state index contributed by atoms with van der Waals surface area (Å²) in [7, 11) is 0. The van der Waals surface area contributed by atoms with E-state index < -0.39 is 5.91 Å². The zero-order valence-corrected chi connectivity index (χ0v) is 10.2. The van der Waals surface area contributed by atoms with Crippen LogP contribution in [0.15, 0.2) is 36.4 Å². The second kappa shape index (κ2) is 5.92. The van der Waals surface area contributed by atoms with E-state index in [9.17, 15) is 4.79 Å². The Hall–Kier alpha value is -2.47. The highest BCUT2D eigenvalue weighted by atomic mass is 16.3. The molecule has 1 aromatic carbocycles. The van der Waals surface area contributed by atoms with Gasteiger partial charge in [-0.05, 0) is 23.3 Å². The maximum Gasteiger partial charge on any atom is 0.269 e. The van der Waals surface area contributed by atoms with Gasteiger partial charge >= 0.3 is 0 Å². The van der Waals surface area contributed by atoms with E-state index in [-0.39, 0.29) is 12.3 Å². The van der Waals surface area contributed by atoms with Gasteiger partial charge in [-0.2, -0.15) is 0 Å². The molecule has 2 rings (SSSR count). The third-order valence-corrected chi connectivity index (χ3v) is 2.56. The minimum atomic E-state index is -0.602. The highest BCUT2D eigenvalue weighted by Gasteiger charge is 2.03. The maximum atomic E-state index is 10.8. The quantitative estimate of drug-likeness (QED) is 0.732. The number of aliphatic hydroxyl groups is 1. The Labute approximate surface area is 110 Å². The van der Waals surface area contributed by atoms with Crippen LogP contribution < -0.4 is 11.1 Å². The van der Waals surface area contributed by atoms with Crippen molar-refractivity contribution in [2.75, 3.05) is 5.32 Å². The number of primary amides is 1. The number of aromatic nitrogens is 2. The molecule has 0 aliphatic rings. The van der Waals surface area contributed by atoms with Crippen molar-refractivity contribution in [1.29, 1.82) is 0 Å². The first kappa shape index (κ1) is 13.0. The number of rotatable bonds is 5. The fraction of sp³-hybridized carbons (Fsp3) is 0.154. The van der Waals surface area contributed by atoms with Crippen molar-refractivity contribution in [3.05, 3.63) is 53.2 Å². The molecule has 4 N–H and O–H groups in total. The summed E-state index contributed by atoms with van der Waals surface area (Å²) in [6, 6.07) is 10.7. The summed E-state index contributed by atoms with van der Waals surface area (Å²) >= 11 is 0. The lowest BCUT2D eigenvalue weighted by molar-refractivity contribution is 0.0994. The number of hydrogen-bond acceptors (Lipinski definition) is 5. The molecule has 98 valence electrons. The minimum Gasteiger partial charge on any atom is -0.392 e. The molecule has 0 saturated heterocycles. The van der Waals surface area contributed by atoms with Crippen molar-refractivity contribution >= 4 is 11.7 Å². The van der Waals surface area contributed by atoms with Crippen LogP contribution in [0.4, 0.5) is 5.82 Å². The van der Waals surface area contributed by atoms with Crippen LogP contribution in [0.2, 0.25) is 0 Å². The van der Waals surface area contributed by atoms with Crippen molar-refractivity contribution in [3.8, 4) is 0 Å². The molecular weight excluding hydrogens is 244 g/mol. The van der Waals surface area contributed by atoms with E-state index in [0.717, 1.165) is 11.1 Å². The van der Waals surface area contributed by atoms with E-state index in [1.807, 2.05) is 24.3 Å². The van der Waals surface area contributed by atoms with Crippen LogP contribution in [0.3, 0.4) is 0 Å². The lowest BCUT2D eigenvalue weighted by atomic mass is 10.1. The highest BCUT2D eigenvalue weighted by molar-refractivity contribution is 5.90. The van der Waals surface area contributed by atoms with Crippen LogP contribution in [-0.4, -0.2) is 21.2 Å². The summed E-state index contributed by atoms with van der Waals surface area (Å²) in [5.41, 5.74) is 7.08. The summed E-state index contributed by atoms with van der Waals surface area (Å²) in [5.74, 6) is -0.0471. The predicted molar refractivity (Wildman–Crippen MR) is 70.2 cm³/mol. The molecule has 0 fully saturated rings. The third-order valence-electron chi connectivity index (χ3n) is 2.56. The summed E-state index contributed by atoms with van der Waals surface area (Å²) in [6.45, 7) is 0.569. The largest absolute Gasteiger partial charge is 0.392 e. The highest BCUT2D eigenvalue weighted by Crippen LogP contribution is 2.08. The van der Waals surface area contributed by atoms with Gasteiger partial charge in [0.15, 0.2) is 5.69 Å². The number of hydrogen-bond donors (Lipinski definition) is 3. The molecule has 1 heterocycles. The monoisotopic (exact) mass is 258 g/mol. The SMILES string of the molecule is NC(=O)c1ccc(NCc2cccc(CO)c2)nn1. The Morgan fingerprint density at radius 3 is 2.63 bits per heavy atom. The number of aliphatic hydroxyl groups excluding tert-OH is 1. The zero-order valence-electron chi connectivity index (χ0n) is 10.2. The minimum absolute atomic E-state index is 0.0148. The van der Waals surface area contributed by atoms with Gasteiger partial charge in [0.1, 0.15) is 5.82 Å². The van der Waals surface area contributed by atoms with Crippen LogP contribution in [0.5, 0.6) is 0 Å². The van der Waals surface area contributed by atoms with Crippen molar-refractivity contribution < 1.29 is 9.90 Å². The lowest BCUT2D eigenvalue weighted by Crippen LogP contribution is -2.14. The summed E-state index contributed by atoms with van der Waals surface area (Å²) < 4.78 is 0. The van der Waals surface area contributed by atoms with Crippen LogP contribution in [0.1, 0.15) is 21.6 Å². The third kappa shape index (κ3) is 3.49. The van der Waals surface area contributed by atoms with Gasteiger partial charge in [0.25, 0.3) is 5.91 Å². The zero-order chi connectivity index (χ0) is 13.7. The number of anilines is 1. The molecule has 0 radical (unpaired) electrons. The average Bonchev–Trinajstić information content (AvgIpc) is 2.46.